The van der Waals surface area contributed by atoms with Gasteiger partial charge in [0.05, 0.1) is 6.04 Å². The van der Waals surface area contributed by atoms with E-state index >= 15 is 0 Å². The molecule has 166 valence electrons. The van der Waals surface area contributed by atoms with Gasteiger partial charge in [-0.25, -0.2) is 14.2 Å². The van der Waals surface area contributed by atoms with Crippen LogP contribution in [0.2, 0.25) is 5.02 Å². The van der Waals surface area contributed by atoms with Crippen LogP contribution < -0.4 is 5.32 Å². The standard InChI is InChI=1S/C23H23ClFN5O2/c1-23(2,3)32-22(31)27-19(10-14-12-26-18-9-6-15(24)11-17(14)18)21-28-20(29-30-21)13-4-7-16(25)8-5-13/h4-9,11-12,19,26H,10H2,1-3H3,(H,27,31)(H,28,29,30). The number of aromatic amines is 2. The molecule has 1 unspecified atom stereocenters. The number of rotatable bonds is 5. The van der Waals surface area contributed by atoms with Gasteiger partial charge in [-0.1, -0.05) is 11.6 Å². The number of amides is 1. The van der Waals surface area contributed by atoms with Crippen LogP contribution >= 0.6 is 11.6 Å². The zero-order chi connectivity index (χ0) is 22.9. The number of nitrogens with one attached hydrogen (secondary N) is 3. The first-order chi connectivity index (χ1) is 15.2. The van der Waals surface area contributed by atoms with Crippen molar-refractivity contribution in [2.24, 2.45) is 0 Å². The maximum Gasteiger partial charge on any atom is 0.408 e. The number of hydrogen-bond acceptors (Lipinski definition) is 4. The van der Waals surface area contributed by atoms with Crippen LogP contribution in [0.1, 0.15) is 38.2 Å². The molecular formula is C23H23ClFN5O2. The van der Waals surface area contributed by atoms with E-state index in [4.69, 9.17) is 16.3 Å². The average Bonchev–Trinajstić information content (AvgIpc) is 3.34. The molecule has 4 aromatic rings. The number of ether oxygens (including phenoxy) is 1. The van der Waals surface area contributed by atoms with Gasteiger partial charge in [-0.05, 0) is 68.8 Å². The number of fused-ring (bicyclic) bond motifs is 1. The number of carbonyl (C=O) groups is 1. The van der Waals surface area contributed by atoms with E-state index < -0.39 is 17.7 Å². The molecule has 1 amide bonds. The number of H-pyrrole nitrogens is 2. The van der Waals surface area contributed by atoms with Crippen molar-refractivity contribution in [3.8, 4) is 11.4 Å². The lowest BCUT2D eigenvalue weighted by molar-refractivity contribution is 0.0501. The molecule has 0 radical (unpaired) electrons. The molecule has 2 aromatic carbocycles. The first kappa shape index (κ1) is 21.8. The van der Waals surface area contributed by atoms with E-state index in [0.717, 1.165) is 16.5 Å². The van der Waals surface area contributed by atoms with E-state index in [1.807, 2.05) is 24.4 Å². The Morgan fingerprint density at radius 1 is 1.22 bits per heavy atom. The number of aromatic nitrogens is 4. The van der Waals surface area contributed by atoms with Gasteiger partial charge in [0.15, 0.2) is 5.82 Å². The zero-order valence-electron chi connectivity index (χ0n) is 17.9. The molecule has 3 N–H and O–H groups in total. The molecule has 32 heavy (non-hydrogen) atoms. The minimum Gasteiger partial charge on any atom is -0.444 e. The minimum atomic E-state index is -0.649. The fraction of sp³-hybridized carbons (Fsp3) is 0.261. The summed E-state index contributed by atoms with van der Waals surface area (Å²) >= 11 is 6.18. The number of alkyl carbamates (subject to hydrolysis) is 1. The van der Waals surface area contributed by atoms with Gasteiger partial charge < -0.3 is 15.0 Å². The number of nitrogens with zero attached hydrogens (tertiary/aromatic N) is 2. The number of carbonyl (C=O) groups excluding carboxylic acids is 1. The molecule has 0 aliphatic heterocycles. The lowest BCUT2D eigenvalue weighted by Crippen LogP contribution is -2.36. The highest BCUT2D eigenvalue weighted by Crippen LogP contribution is 2.27. The summed E-state index contributed by atoms with van der Waals surface area (Å²) in [5.41, 5.74) is 1.89. The zero-order valence-corrected chi connectivity index (χ0v) is 18.6. The van der Waals surface area contributed by atoms with Crippen LogP contribution in [-0.4, -0.2) is 31.9 Å². The molecule has 0 aliphatic carbocycles. The fourth-order valence-electron chi connectivity index (χ4n) is 3.36. The van der Waals surface area contributed by atoms with Crippen molar-refractivity contribution >= 4 is 28.6 Å². The van der Waals surface area contributed by atoms with E-state index in [0.29, 0.717) is 28.7 Å². The van der Waals surface area contributed by atoms with Crippen LogP contribution in [-0.2, 0) is 11.2 Å². The quantitative estimate of drug-likeness (QED) is 0.367. The molecule has 7 nitrogen and oxygen atoms in total. The molecule has 0 fully saturated rings. The summed E-state index contributed by atoms with van der Waals surface area (Å²) < 4.78 is 18.7. The molecule has 4 rings (SSSR count). The van der Waals surface area contributed by atoms with Crippen LogP contribution in [0.15, 0.2) is 48.7 Å². The predicted octanol–water partition coefficient (Wildman–Crippen LogP) is 5.55. The summed E-state index contributed by atoms with van der Waals surface area (Å²) in [4.78, 5) is 20.3. The lowest BCUT2D eigenvalue weighted by Gasteiger charge is -2.22. The van der Waals surface area contributed by atoms with Crippen LogP contribution in [0.5, 0.6) is 0 Å². The van der Waals surface area contributed by atoms with Crippen molar-refractivity contribution in [1.29, 1.82) is 0 Å². The fourth-order valence-corrected chi connectivity index (χ4v) is 3.54. The van der Waals surface area contributed by atoms with Crippen molar-refractivity contribution in [2.45, 2.75) is 38.8 Å². The maximum atomic E-state index is 13.3. The SMILES string of the molecule is CC(C)(C)OC(=O)NC(Cc1c[nH]c2ccc(Cl)cc12)c1nc(-c2ccc(F)cc2)n[nH]1. The first-order valence-electron chi connectivity index (χ1n) is 10.1. The van der Waals surface area contributed by atoms with E-state index in [2.05, 4.69) is 25.5 Å². The van der Waals surface area contributed by atoms with Crippen molar-refractivity contribution in [3.63, 3.8) is 0 Å². The van der Waals surface area contributed by atoms with Gasteiger partial charge in [0.25, 0.3) is 0 Å². The van der Waals surface area contributed by atoms with Gasteiger partial charge in [0.2, 0.25) is 0 Å². The predicted molar refractivity (Wildman–Crippen MR) is 121 cm³/mol. The third-order valence-corrected chi connectivity index (χ3v) is 5.01. The molecule has 2 aromatic heterocycles. The van der Waals surface area contributed by atoms with E-state index in [9.17, 15) is 9.18 Å². The molecular weight excluding hydrogens is 433 g/mol. The minimum absolute atomic E-state index is 0.341. The molecule has 2 heterocycles. The number of halogens is 2. The van der Waals surface area contributed by atoms with E-state index in [1.165, 1.54) is 12.1 Å². The van der Waals surface area contributed by atoms with Crippen molar-refractivity contribution in [3.05, 3.63) is 70.9 Å². The van der Waals surface area contributed by atoms with Gasteiger partial charge in [-0.15, -0.1) is 0 Å². The summed E-state index contributed by atoms with van der Waals surface area (Å²) in [7, 11) is 0. The Hall–Kier alpha value is -3.39. The average molecular weight is 456 g/mol. The van der Waals surface area contributed by atoms with E-state index in [1.54, 1.807) is 32.9 Å². The Kier molecular flexibility index (Phi) is 5.88. The molecule has 0 aliphatic rings. The smallest absolute Gasteiger partial charge is 0.408 e. The Balaban J connectivity index is 1.65. The lowest BCUT2D eigenvalue weighted by atomic mass is 10.0. The second-order valence-corrected chi connectivity index (χ2v) is 8.89. The molecule has 0 bridgehead atoms. The Bertz CT molecular complexity index is 1240. The third-order valence-electron chi connectivity index (χ3n) is 4.78. The number of hydrogen-bond donors (Lipinski definition) is 3. The Morgan fingerprint density at radius 3 is 2.69 bits per heavy atom. The summed E-state index contributed by atoms with van der Waals surface area (Å²) in [5.74, 6) is 0.511. The molecule has 0 spiro atoms. The summed E-state index contributed by atoms with van der Waals surface area (Å²) in [6.45, 7) is 5.39. The van der Waals surface area contributed by atoms with Crippen LogP contribution in [0, 0.1) is 5.82 Å². The Morgan fingerprint density at radius 2 is 1.97 bits per heavy atom. The molecule has 0 saturated carbocycles. The monoisotopic (exact) mass is 455 g/mol. The summed E-state index contributed by atoms with van der Waals surface area (Å²) in [6.07, 6.45) is 1.72. The topological polar surface area (TPSA) is 95.7 Å². The van der Waals surface area contributed by atoms with Gasteiger partial charge in [-0.3, -0.25) is 5.10 Å². The van der Waals surface area contributed by atoms with E-state index in [-0.39, 0.29) is 5.82 Å². The normalized spacial score (nSPS) is 12.7. The Labute approximate surface area is 189 Å². The summed E-state index contributed by atoms with van der Waals surface area (Å²) in [5, 5.41) is 11.6. The molecule has 1 atom stereocenters. The maximum absolute atomic E-state index is 13.3. The van der Waals surface area contributed by atoms with Gasteiger partial charge >= 0.3 is 6.09 Å². The third kappa shape index (κ3) is 5.08. The number of benzene rings is 2. The highest BCUT2D eigenvalue weighted by Gasteiger charge is 2.24. The molecule has 9 heteroatoms. The second kappa shape index (κ2) is 8.63. The van der Waals surface area contributed by atoms with Crippen molar-refractivity contribution < 1.29 is 13.9 Å². The highest BCUT2D eigenvalue weighted by molar-refractivity contribution is 6.31. The largest absolute Gasteiger partial charge is 0.444 e. The van der Waals surface area contributed by atoms with Crippen LogP contribution in [0.25, 0.3) is 22.3 Å². The highest BCUT2D eigenvalue weighted by atomic mass is 35.5. The van der Waals surface area contributed by atoms with Crippen molar-refractivity contribution in [2.75, 3.05) is 0 Å². The first-order valence-corrected chi connectivity index (χ1v) is 10.5. The van der Waals surface area contributed by atoms with Crippen molar-refractivity contribution in [1.82, 2.24) is 25.5 Å². The summed E-state index contributed by atoms with van der Waals surface area (Å²) in [6, 6.07) is 10.9. The van der Waals surface area contributed by atoms with Gasteiger partial charge in [0, 0.05) is 34.1 Å². The van der Waals surface area contributed by atoms with Gasteiger partial charge in [0.1, 0.15) is 17.2 Å². The van der Waals surface area contributed by atoms with Gasteiger partial charge in [-0.2, -0.15) is 5.10 Å². The second-order valence-electron chi connectivity index (χ2n) is 8.46. The molecule has 0 saturated heterocycles. The van der Waals surface area contributed by atoms with Crippen LogP contribution in [0.3, 0.4) is 0 Å². The van der Waals surface area contributed by atoms with Crippen LogP contribution in [0.4, 0.5) is 9.18 Å².